The first-order valence-electron chi connectivity index (χ1n) is 7.70. The lowest BCUT2D eigenvalue weighted by Crippen LogP contribution is -2.44. The Balaban J connectivity index is 2.64. The molecule has 1 N–H and O–H groups in total. The lowest BCUT2D eigenvalue weighted by atomic mass is 9.70. The predicted octanol–water partition coefficient (Wildman–Crippen LogP) is 2.09. The molecule has 2 atom stereocenters. The zero-order chi connectivity index (χ0) is 15.3. The van der Waals surface area contributed by atoms with Gasteiger partial charge in [-0.3, -0.25) is 9.59 Å². The smallest absolute Gasteiger partial charge is 0.223 e. The van der Waals surface area contributed by atoms with Crippen molar-refractivity contribution in [2.75, 3.05) is 27.2 Å². The Kier molecular flexibility index (Phi) is 6.18. The molecule has 1 saturated carbocycles. The third kappa shape index (κ3) is 4.89. The van der Waals surface area contributed by atoms with Gasteiger partial charge in [-0.2, -0.15) is 0 Å². The van der Waals surface area contributed by atoms with E-state index in [1.165, 1.54) is 0 Å². The molecule has 1 fully saturated rings. The minimum atomic E-state index is -0.357. The van der Waals surface area contributed by atoms with Crippen molar-refractivity contribution >= 4 is 11.7 Å². The fourth-order valence-electron chi connectivity index (χ4n) is 2.85. The van der Waals surface area contributed by atoms with E-state index in [0.717, 1.165) is 32.2 Å². The van der Waals surface area contributed by atoms with E-state index in [2.05, 4.69) is 5.32 Å². The number of nitrogens with one attached hydrogen (secondary N) is 1. The minimum absolute atomic E-state index is 0.0640. The average Bonchev–Trinajstić information content (AvgIpc) is 2.36. The van der Waals surface area contributed by atoms with E-state index in [1.54, 1.807) is 0 Å². The van der Waals surface area contributed by atoms with Gasteiger partial charge >= 0.3 is 0 Å². The number of ketones is 1. The first kappa shape index (κ1) is 17.2. The Morgan fingerprint density at radius 1 is 1.10 bits per heavy atom. The Hall–Kier alpha value is -0.900. The van der Waals surface area contributed by atoms with E-state index >= 15 is 0 Å². The number of rotatable bonds is 5. The molecular formula is C16H30N2O2. The fraction of sp³-hybridized carbons (Fsp3) is 0.875. The van der Waals surface area contributed by atoms with E-state index in [-0.39, 0.29) is 28.9 Å². The molecule has 0 saturated heterocycles. The Morgan fingerprint density at radius 2 is 1.65 bits per heavy atom. The second-order valence-corrected chi connectivity index (χ2v) is 7.21. The highest BCUT2D eigenvalue weighted by molar-refractivity contribution is 5.91. The van der Waals surface area contributed by atoms with Gasteiger partial charge < -0.3 is 10.2 Å². The highest BCUT2D eigenvalue weighted by Gasteiger charge is 2.39. The Morgan fingerprint density at radius 3 is 2.15 bits per heavy atom. The molecule has 0 bridgehead atoms. The summed E-state index contributed by atoms with van der Waals surface area (Å²) in [5.74, 6) is 0.0832. The Labute approximate surface area is 123 Å². The van der Waals surface area contributed by atoms with Crippen LogP contribution in [-0.2, 0) is 9.59 Å². The van der Waals surface area contributed by atoms with Crippen LogP contribution >= 0.6 is 0 Å². The molecule has 2 unspecified atom stereocenters. The van der Waals surface area contributed by atoms with Crippen LogP contribution in [0.3, 0.4) is 0 Å². The van der Waals surface area contributed by atoms with Crippen molar-refractivity contribution in [2.24, 2.45) is 17.3 Å². The number of nitrogens with zero attached hydrogens (tertiary/aromatic N) is 1. The maximum atomic E-state index is 12.5. The van der Waals surface area contributed by atoms with Crippen LogP contribution in [0, 0.1) is 17.3 Å². The van der Waals surface area contributed by atoms with Gasteiger partial charge in [-0.25, -0.2) is 0 Å². The molecule has 0 radical (unpaired) electrons. The van der Waals surface area contributed by atoms with Gasteiger partial charge in [0, 0.05) is 30.3 Å². The molecule has 0 aliphatic heterocycles. The molecule has 1 aliphatic carbocycles. The molecule has 0 aromatic heterocycles. The van der Waals surface area contributed by atoms with Gasteiger partial charge in [0.2, 0.25) is 5.91 Å². The summed E-state index contributed by atoms with van der Waals surface area (Å²) >= 11 is 0. The van der Waals surface area contributed by atoms with Crippen molar-refractivity contribution in [3.05, 3.63) is 0 Å². The zero-order valence-corrected chi connectivity index (χ0v) is 13.7. The molecule has 4 heteroatoms. The molecule has 0 aromatic carbocycles. The first-order chi connectivity index (χ1) is 9.23. The van der Waals surface area contributed by atoms with Crippen LogP contribution in [0.15, 0.2) is 0 Å². The molecule has 1 amide bonds. The molecule has 116 valence electrons. The van der Waals surface area contributed by atoms with Gasteiger partial charge in [-0.05, 0) is 26.9 Å². The second kappa shape index (κ2) is 7.21. The summed E-state index contributed by atoms with van der Waals surface area (Å²) in [4.78, 5) is 26.9. The van der Waals surface area contributed by atoms with Crippen LogP contribution in [0.5, 0.6) is 0 Å². The number of likely N-dealkylation sites (N-methyl/N-ethyl adjacent to an activating group) is 1. The summed E-state index contributed by atoms with van der Waals surface area (Å²) in [5, 5.41) is 2.99. The van der Waals surface area contributed by atoms with Gasteiger partial charge in [0.25, 0.3) is 0 Å². The average molecular weight is 282 g/mol. The van der Waals surface area contributed by atoms with Gasteiger partial charge in [0.15, 0.2) is 0 Å². The molecule has 0 aromatic rings. The highest BCUT2D eigenvalue weighted by Crippen LogP contribution is 2.35. The van der Waals surface area contributed by atoms with Crippen molar-refractivity contribution in [3.63, 3.8) is 0 Å². The molecule has 4 nitrogen and oxygen atoms in total. The van der Waals surface area contributed by atoms with Crippen molar-refractivity contribution in [3.8, 4) is 0 Å². The largest absolute Gasteiger partial charge is 0.355 e. The number of hydrogen-bond acceptors (Lipinski definition) is 3. The lowest BCUT2D eigenvalue weighted by Gasteiger charge is -2.33. The quantitative estimate of drug-likeness (QED) is 0.840. The fourth-order valence-corrected chi connectivity index (χ4v) is 2.85. The van der Waals surface area contributed by atoms with Crippen molar-refractivity contribution in [1.82, 2.24) is 10.2 Å². The SMILES string of the molecule is CN(C)CCNC(=O)C1CCCCC1C(=O)C(C)(C)C. The normalized spacial score (nSPS) is 23.7. The first-order valence-corrected chi connectivity index (χ1v) is 7.70. The summed E-state index contributed by atoms with van der Waals surface area (Å²) < 4.78 is 0. The molecule has 0 heterocycles. The van der Waals surface area contributed by atoms with Crippen LogP contribution in [0.25, 0.3) is 0 Å². The number of carbonyl (C=O) groups excluding carboxylic acids is 2. The summed E-state index contributed by atoms with van der Waals surface area (Å²) in [7, 11) is 3.97. The standard InChI is InChI=1S/C16H30N2O2/c1-16(2,3)14(19)12-8-6-7-9-13(12)15(20)17-10-11-18(4)5/h12-13H,6-11H2,1-5H3,(H,17,20). The van der Waals surface area contributed by atoms with Crippen LogP contribution < -0.4 is 5.32 Å². The maximum Gasteiger partial charge on any atom is 0.223 e. The maximum absolute atomic E-state index is 12.5. The number of hydrogen-bond donors (Lipinski definition) is 1. The second-order valence-electron chi connectivity index (χ2n) is 7.21. The van der Waals surface area contributed by atoms with E-state index in [4.69, 9.17) is 0 Å². The van der Waals surface area contributed by atoms with Crippen molar-refractivity contribution in [2.45, 2.75) is 46.5 Å². The van der Waals surface area contributed by atoms with Crippen molar-refractivity contribution < 1.29 is 9.59 Å². The summed E-state index contributed by atoms with van der Waals surface area (Å²) in [6.45, 7) is 7.33. The minimum Gasteiger partial charge on any atom is -0.355 e. The van der Waals surface area contributed by atoms with Crippen LogP contribution in [0.4, 0.5) is 0 Å². The molecule has 20 heavy (non-hydrogen) atoms. The number of amides is 1. The van der Waals surface area contributed by atoms with Gasteiger partial charge in [-0.1, -0.05) is 33.6 Å². The van der Waals surface area contributed by atoms with E-state index in [0.29, 0.717) is 6.54 Å². The molecule has 1 rings (SSSR count). The zero-order valence-electron chi connectivity index (χ0n) is 13.7. The highest BCUT2D eigenvalue weighted by atomic mass is 16.2. The topological polar surface area (TPSA) is 49.4 Å². The predicted molar refractivity (Wildman–Crippen MR) is 81.5 cm³/mol. The summed E-state index contributed by atoms with van der Waals surface area (Å²) in [6.07, 6.45) is 3.83. The Bertz CT molecular complexity index is 345. The van der Waals surface area contributed by atoms with E-state index < -0.39 is 0 Å². The van der Waals surface area contributed by atoms with Crippen LogP contribution in [0.2, 0.25) is 0 Å². The molecule has 0 spiro atoms. The monoisotopic (exact) mass is 282 g/mol. The lowest BCUT2D eigenvalue weighted by molar-refractivity contribution is -0.139. The summed E-state index contributed by atoms with van der Waals surface area (Å²) in [6, 6.07) is 0. The van der Waals surface area contributed by atoms with Gasteiger partial charge in [-0.15, -0.1) is 0 Å². The number of Topliss-reactive ketones (excluding diaryl/α,β-unsaturated/α-hetero) is 1. The van der Waals surface area contributed by atoms with Crippen LogP contribution in [0.1, 0.15) is 46.5 Å². The van der Waals surface area contributed by atoms with E-state index in [9.17, 15) is 9.59 Å². The van der Waals surface area contributed by atoms with E-state index in [1.807, 2.05) is 39.8 Å². The molecular weight excluding hydrogens is 252 g/mol. The van der Waals surface area contributed by atoms with Crippen molar-refractivity contribution in [1.29, 1.82) is 0 Å². The number of carbonyl (C=O) groups is 2. The third-order valence-electron chi connectivity index (χ3n) is 4.04. The van der Waals surface area contributed by atoms with Gasteiger partial charge in [0.05, 0.1) is 0 Å². The molecule has 1 aliphatic rings. The van der Waals surface area contributed by atoms with Gasteiger partial charge in [0.1, 0.15) is 5.78 Å². The van der Waals surface area contributed by atoms with Crippen LogP contribution in [-0.4, -0.2) is 43.8 Å². The third-order valence-corrected chi connectivity index (χ3v) is 4.04. The summed E-state index contributed by atoms with van der Waals surface area (Å²) in [5.41, 5.74) is -0.357.